The van der Waals surface area contributed by atoms with Gasteiger partial charge in [-0.05, 0) is 44.7 Å². The van der Waals surface area contributed by atoms with Gasteiger partial charge in [0.05, 0.1) is 7.11 Å². The summed E-state index contributed by atoms with van der Waals surface area (Å²) in [6.07, 6.45) is 4.48. The van der Waals surface area contributed by atoms with Gasteiger partial charge in [-0.2, -0.15) is 0 Å². The fourth-order valence-corrected chi connectivity index (χ4v) is 4.18. The average molecular weight is 501 g/mol. The molecule has 1 aromatic carbocycles. The minimum Gasteiger partial charge on any atom is -0.503 e. The molecule has 0 unspecified atom stereocenters. The average Bonchev–Trinajstić information content (AvgIpc) is 2.92. The smallest absolute Gasteiger partial charge is 0.329 e. The third-order valence-electron chi connectivity index (χ3n) is 6.11. The maximum absolute atomic E-state index is 13.1. The number of carbonyl (C=O) groups excluding carboxylic acids is 2. The Morgan fingerprint density at radius 1 is 1.19 bits per heavy atom. The minimum atomic E-state index is -0.913. The molecule has 0 spiro atoms. The molecule has 9 nitrogen and oxygen atoms in total. The van der Waals surface area contributed by atoms with Crippen molar-refractivity contribution in [3.05, 3.63) is 48.3 Å². The Balaban J connectivity index is 1.75. The molecule has 0 bridgehead atoms. The number of cyclic esters (lactones) is 1. The molecule has 1 amide bonds. The maximum atomic E-state index is 13.1. The summed E-state index contributed by atoms with van der Waals surface area (Å²) >= 11 is 0. The SMILES string of the molecule is CCCCCO[C@H]1[C@H](C)OC(=O)[C@@H](NC(=O)c2nccc(OC)c2O)CCC[C@@H]1Oc1ccccc1. The number of amides is 1. The number of aromatic nitrogens is 1. The van der Waals surface area contributed by atoms with Gasteiger partial charge in [0.15, 0.2) is 17.2 Å². The van der Waals surface area contributed by atoms with Crippen LogP contribution in [0.15, 0.2) is 42.6 Å². The van der Waals surface area contributed by atoms with Gasteiger partial charge in [-0.15, -0.1) is 0 Å². The fourth-order valence-electron chi connectivity index (χ4n) is 4.18. The highest BCUT2D eigenvalue weighted by Crippen LogP contribution is 2.28. The standard InChI is InChI=1S/C27H36N2O7/c1-4-5-9-17-34-25-18(2)35-27(32)20(13-10-14-22(25)36-19-11-7-6-8-12-19)29-26(31)23-24(30)21(33-3)15-16-28-23/h6-8,11-12,15-16,18,20,22,25,30H,4-5,9-10,13-14,17H2,1-3H3,(H,29,31)/t18-,20-,22-,25-/m0/s1. The van der Waals surface area contributed by atoms with E-state index in [0.29, 0.717) is 31.6 Å². The van der Waals surface area contributed by atoms with Crippen LogP contribution in [0.3, 0.4) is 0 Å². The van der Waals surface area contributed by atoms with Crippen LogP contribution in [-0.4, -0.2) is 60.0 Å². The van der Waals surface area contributed by atoms with E-state index in [1.54, 1.807) is 6.92 Å². The van der Waals surface area contributed by atoms with Crippen molar-refractivity contribution >= 4 is 11.9 Å². The molecule has 1 fully saturated rings. The Labute approximate surface area is 212 Å². The molecule has 196 valence electrons. The van der Waals surface area contributed by atoms with E-state index in [4.69, 9.17) is 18.9 Å². The number of unbranched alkanes of at least 4 members (excludes halogenated alkanes) is 2. The minimum absolute atomic E-state index is 0.116. The van der Waals surface area contributed by atoms with Crippen molar-refractivity contribution in [1.29, 1.82) is 0 Å². The van der Waals surface area contributed by atoms with Gasteiger partial charge < -0.3 is 29.4 Å². The van der Waals surface area contributed by atoms with E-state index in [1.807, 2.05) is 30.3 Å². The molecule has 2 heterocycles. The molecule has 2 aromatic rings. The number of nitrogens with zero attached hydrogens (tertiary/aromatic N) is 1. The second kappa shape index (κ2) is 13.7. The number of hydrogen-bond acceptors (Lipinski definition) is 8. The van der Waals surface area contributed by atoms with Crippen LogP contribution < -0.4 is 14.8 Å². The number of ether oxygens (including phenoxy) is 4. The molecule has 0 saturated carbocycles. The van der Waals surface area contributed by atoms with E-state index in [0.717, 1.165) is 19.3 Å². The molecule has 0 radical (unpaired) electrons. The number of nitrogens with one attached hydrogen (secondary N) is 1. The zero-order valence-electron chi connectivity index (χ0n) is 21.1. The number of pyridine rings is 1. The lowest BCUT2D eigenvalue weighted by Gasteiger charge is -2.31. The van der Waals surface area contributed by atoms with E-state index in [-0.39, 0.29) is 23.3 Å². The second-order valence-corrected chi connectivity index (χ2v) is 8.82. The zero-order chi connectivity index (χ0) is 25.9. The van der Waals surface area contributed by atoms with Crippen LogP contribution in [0.5, 0.6) is 17.2 Å². The van der Waals surface area contributed by atoms with E-state index in [1.165, 1.54) is 19.4 Å². The van der Waals surface area contributed by atoms with E-state index in [9.17, 15) is 14.7 Å². The van der Waals surface area contributed by atoms with Crippen molar-refractivity contribution < 1.29 is 33.6 Å². The monoisotopic (exact) mass is 500 g/mol. The van der Waals surface area contributed by atoms with Gasteiger partial charge in [0.1, 0.15) is 30.1 Å². The first-order valence-electron chi connectivity index (χ1n) is 12.5. The second-order valence-electron chi connectivity index (χ2n) is 8.82. The first-order valence-corrected chi connectivity index (χ1v) is 12.5. The molecule has 1 aromatic heterocycles. The lowest BCUT2D eigenvalue weighted by Crippen LogP contribution is -2.46. The Hall–Kier alpha value is -3.33. The van der Waals surface area contributed by atoms with Crippen LogP contribution in [0.25, 0.3) is 0 Å². The largest absolute Gasteiger partial charge is 0.503 e. The normalized spacial score (nSPS) is 22.5. The van der Waals surface area contributed by atoms with Gasteiger partial charge in [0.25, 0.3) is 5.91 Å². The number of esters is 1. The molecule has 3 rings (SSSR count). The van der Waals surface area contributed by atoms with Gasteiger partial charge in [0, 0.05) is 18.9 Å². The Morgan fingerprint density at radius 2 is 1.97 bits per heavy atom. The van der Waals surface area contributed by atoms with Crippen molar-refractivity contribution in [2.75, 3.05) is 13.7 Å². The number of rotatable bonds is 10. The number of carbonyl (C=O) groups is 2. The summed E-state index contributed by atoms with van der Waals surface area (Å²) in [5, 5.41) is 12.9. The number of benzene rings is 1. The van der Waals surface area contributed by atoms with Crippen LogP contribution in [0, 0.1) is 0 Å². The topological polar surface area (TPSA) is 116 Å². The highest BCUT2D eigenvalue weighted by atomic mass is 16.6. The van der Waals surface area contributed by atoms with Crippen molar-refractivity contribution in [3.8, 4) is 17.2 Å². The van der Waals surface area contributed by atoms with Crippen LogP contribution in [0.1, 0.15) is 62.9 Å². The fraction of sp³-hybridized carbons (Fsp3) is 0.519. The van der Waals surface area contributed by atoms with Gasteiger partial charge in [0.2, 0.25) is 0 Å². The van der Waals surface area contributed by atoms with Crippen LogP contribution in [-0.2, 0) is 14.3 Å². The molecule has 0 aliphatic carbocycles. The van der Waals surface area contributed by atoms with Crippen LogP contribution >= 0.6 is 0 Å². The van der Waals surface area contributed by atoms with Crippen molar-refractivity contribution in [2.24, 2.45) is 0 Å². The van der Waals surface area contributed by atoms with Gasteiger partial charge in [-0.25, -0.2) is 9.78 Å². The molecule has 36 heavy (non-hydrogen) atoms. The van der Waals surface area contributed by atoms with E-state index in [2.05, 4.69) is 17.2 Å². The van der Waals surface area contributed by atoms with Crippen molar-refractivity contribution in [2.45, 2.75) is 76.7 Å². The zero-order valence-corrected chi connectivity index (χ0v) is 21.1. The first-order chi connectivity index (χ1) is 17.4. The summed E-state index contributed by atoms with van der Waals surface area (Å²) in [7, 11) is 1.38. The maximum Gasteiger partial charge on any atom is 0.329 e. The lowest BCUT2D eigenvalue weighted by atomic mass is 10.0. The quantitative estimate of drug-likeness (QED) is 0.371. The van der Waals surface area contributed by atoms with Crippen LogP contribution in [0.2, 0.25) is 0 Å². The van der Waals surface area contributed by atoms with Crippen molar-refractivity contribution in [1.82, 2.24) is 10.3 Å². The number of aromatic hydroxyl groups is 1. The Bertz CT molecular complexity index is 985. The first kappa shape index (κ1) is 27.3. The summed E-state index contributed by atoms with van der Waals surface area (Å²) < 4.78 is 23.3. The number of methoxy groups -OCH3 is 1. The predicted octanol–water partition coefficient (Wildman–Crippen LogP) is 4.03. The summed E-state index contributed by atoms with van der Waals surface area (Å²) in [4.78, 5) is 29.8. The molecule has 1 aliphatic rings. The summed E-state index contributed by atoms with van der Waals surface area (Å²) in [5.41, 5.74) is -0.225. The third-order valence-corrected chi connectivity index (χ3v) is 6.11. The third kappa shape index (κ3) is 7.34. The molecule has 9 heteroatoms. The number of para-hydroxylation sites is 1. The molecular formula is C27H36N2O7. The Kier molecular flexibility index (Phi) is 10.4. The van der Waals surface area contributed by atoms with Gasteiger partial charge in [-0.1, -0.05) is 38.0 Å². The molecule has 1 saturated heterocycles. The predicted molar refractivity (Wildman–Crippen MR) is 133 cm³/mol. The highest BCUT2D eigenvalue weighted by Gasteiger charge is 2.36. The van der Waals surface area contributed by atoms with Crippen LogP contribution in [0.4, 0.5) is 0 Å². The number of hydrogen-bond donors (Lipinski definition) is 2. The molecule has 4 atom stereocenters. The van der Waals surface area contributed by atoms with E-state index < -0.39 is 30.1 Å². The van der Waals surface area contributed by atoms with Gasteiger partial charge >= 0.3 is 5.97 Å². The summed E-state index contributed by atoms with van der Waals surface area (Å²) in [6, 6.07) is 10.0. The molecular weight excluding hydrogens is 464 g/mol. The molecule has 2 N–H and O–H groups in total. The Morgan fingerprint density at radius 3 is 2.69 bits per heavy atom. The van der Waals surface area contributed by atoms with E-state index >= 15 is 0 Å². The summed E-state index contributed by atoms with van der Waals surface area (Å²) in [5.74, 6) is -0.818. The summed E-state index contributed by atoms with van der Waals surface area (Å²) in [6.45, 7) is 4.44. The van der Waals surface area contributed by atoms with Gasteiger partial charge in [-0.3, -0.25) is 4.79 Å². The molecule has 1 aliphatic heterocycles. The van der Waals surface area contributed by atoms with Crippen molar-refractivity contribution in [3.63, 3.8) is 0 Å². The highest BCUT2D eigenvalue weighted by molar-refractivity contribution is 5.97. The lowest BCUT2D eigenvalue weighted by molar-refractivity contribution is -0.163.